The summed E-state index contributed by atoms with van der Waals surface area (Å²) in [7, 11) is 0. The molecule has 2 atom stereocenters. The number of hydrazone groups is 1. The van der Waals surface area contributed by atoms with Gasteiger partial charge in [-0.1, -0.05) is 36.4 Å². The molecule has 3 heterocycles. The van der Waals surface area contributed by atoms with Crippen LogP contribution in [-0.2, 0) is 0 Å². The fourth-order valence-corrected chi connectivity index (χ4v) is 4.38. The van der Waals surface area contributed by atoms with Crippen molar-refractivity contribution in [3.63, 3.8) is 0 Å². The van der Waals surface area contributed by atoms with Gasteiger partial charge in [-0.25, -0.2) is 4.39 Å². The number of nitrogens with one attached hydrogen (secondary N) is 1. The lowest BCUT2D eigenvalue weighted by Gasteiger charge is -2.38. The van der Waals surface area contributed by atoms with Crippen LogP contribution in [0.4, 0.5) is 10.1 Å². The molecule has 25 heavy (non-hydrogen) atoms. The van der Waals surface area contributed by atoms with Crippen molar-refractivity contribution < 1.29 is 4.39 Å². The molecule has 0 bridgehead atoms. The quantitative estimate of drug-likeness (QED) is 0.692. The number of hydrogen-bond acceptors (Lipinski definition) is 4. The number of hydrogen-bond donors (Lipinski definition) is 1. The number of nitrogens with zero attached hydrogens (tertiary/aromatic N) is 2. The van der Waals surface area contributed by atoms with Crippen molar-refractivity contribution in [1.82, 2.24) is 5.01 Å². The zero-order valence-corrected chi connectivity index (χ0v) is 14.2. The second-order valence-electron chi connectivity index (χ2n) is 6.30. The largest absolute Gasteiger partial charge is 0.359 e. The third-order valence-corrected chi connectivity index (χ3v) is 5.73. The molecular formula is C20H16FN3S. The van der Waals surface area contributed by atoms with E-state index in [1.54, 1.807) is 11.3 Å². The van der Waals surface area contributed by atoms with Crippen molar-refractivity contribution in [2.75, 3.05) is 5.32 Å². The van der Waals surface area contributed by atoms with Crippen molar-refractivity contribution in [3.05, 3.63) is 87.9 Å². The lowest BCUT2D eigenvalue weighted by atomic mass is 9.95. The molecule has 2 aliphatic rings. The first kappa shape index (κ1) is 14.7. The Labute approximate surface area is 149 Å². The second kappa shape index (κ2) is 5.70. The number of anilines is 1. The van der Waals surface area contributed by atoms with Gasteiger partial charge in [0.05, 0.1) is 11.8 Å². The minimum Gasteiger partial charge on any atom is -0.359 e. The highest BCUT2D eigenvalue weighted by Crippen LogP contribution is 2.46. The van der Waals surface area contributed by atoms with Crippen LogP contribution < -0.4 is 5.32 Å². The maximum absolute atomic E-state index is 13.3. The zero-order valence-electron chi connectivity index (χ0n) is 13.4. The van der Waals surface area contributed by atoms with Gasteiger partial charge in [0.1, 0.15) is 5.82 Å². The molecule has 0 fully saturated rings. The molecule has 2 aromatic carbocycles. The van der Waals surface area contributed by atoms with Crippen LogP contribution in [0.5, 0.6) is 0 Å². The monoisotopic (exact) mass is 349 g/mol. The minimum atomic E-state index is -0.219. The first-order valence-electron chi connectivity index (χ1n) is 8.30. The van der Waals surface area contributed by atoms with Crippen LogP contribution in [0.2, 0.25) is 0 Å². The molecule has 5 rings (SSSR count). The Morgan fingerprint density at radius 2 is 1.88 bits per heavy atom. The Balaban J connectivity index is 1.59. The summed E-state index contributed by atoms with van der Waals surface area (Å²) in [4.78, 5) is 1.24. The van der Waals surface area contributed by atoms with E-state index >= 15 is 0 Å². The van der Waals surface area contributed by atoms with Crippen LogP contribution in [0.3, 0.4) is 0 Å². The van der Waals surface area contributed by atoms with Crippen LogP contribution in [0.15, 0.2) is 71.1 Å². The molecule has 124 valence electrons. The molecular weight excluding hydrogens is 333 g/mol. The number of benzene rings is 2. The topological polar surface area (TPSA) is 27.6 Å². The average molecular weight is 349 g/mol. The van der Waals surface area contributed by atoms with Crippen molar-refractivity contribution in [1.29, 1.82) is 0 Å². The van der Waals surface area contributed by atoms with Crippen molar-refractivity contribution in [3.8, 4) is 0 Å². The van der Waals surface area contributed by atoms with Crippen molar-refractivity contribution in [2.24, 2.45) is 5.10 Å². The van der Waals surface area contributed by atoms with E-state index in [0.29, 0.717) is 0 Å². The van der Waals surface area contributed by atoms with E-state index in [-0.39, 0.29) is 18.0 Å². The van der Waals surface area contributed by atoms with E-state index in [1.165, 1.54) is 22.6 Å². The van der Waals surface area contributed by atoms with Crippen LogP contribution in [0.25, 0.3) is 0 Å². The molecule has 1 N–H and O–H groups in total. The molecule has 0 saturated heterocycles. The lowest BCUT2D eigenvalue weighted by Crippen LogP contribution is -2.34. The van der Waals surface area contributed by atoms with E-state index < -0.39 is 0 Å². The van der Waals surface area contributed by atoms with E-state index in [0.717, 1.165) is 23.4 Å². The summed E-state index contributed by atoms with van der Waals surface area (Å²) >= 11 is 1.73. The van der Waals surface area contributed by atoms with Gasteiger partial charge >= 0.3 is 0 Å². The smallest absolute Gasteiger partial charge is 0.152 e. The van der Waals surface area contributed by atoms with E-state index in [1.807, 2.05) is 12.1 Å². The van der Waals surface area contributed by atoms with E-state index in [2.05, 4.69) is 52.1 Å². The van der Waals surface area contributed by atoms with Gasteiger partial charge in [0, 0.05) is 17.0 Å². The van der Waals surface area contributed by atoms with Gasteiger partial charge in [0.25, 0.3) is 0 Å². The molecule has 0 spiro atoms. The molecule has 0 aliphatic carbocycles. The molecule has 5 heteroatoms. The highest BCUT2D eigenvalue weighted by molar-refractivity contribution is 7.10. The Bertz CT molecular complexity index is 934. The molecule has 3 aromatic rings. The predicted octanol–water partition coefficient (Wildman–Crippen LogP) is 5.16. The van der Waals surface area contributed by atoms with E-state index in [9.17, 15) is 4.39 Å². The van der Waals surface area contributed by atoms with Gasteiger partial charge < -0.3 is 5.32 Å². The molecule has 3 nitrogen and oxygen atoms in total. The third kappa shape index (κ3) is 2.43. The van der Waals surface area contributed by atoms with Crippen LogP contribution in [0.1, 0.15) is 34.6 Å². The maximum Gasteiger partial charge on any atom is 0.152 e. The Morgan fingerprint density at radius 3 is 2.68 bits per heavy atom. The number of fused-ring (bicyclic) bond motifs is 3. The number of para-hydroxylation sites is 1. The molecule has 1 aromatic heterocycles. The summed E-state index contributed by atoms with van der Waals surface area (Å²) in [5.41, 5.74) is 4.41. The second-order valence-corrected chi connectivity index (χ2v) is 7.28. The number of thiophene rings is 1. The maximum atomic E-state index is 13.3. The molecule has 2 aliphatic heterocycles. The molecule has 0 unspecified atom stereocenters. The number of halogens is 1. The highest BCUT2D eigenvalue weighted by Gasteiger charge is 2.39. The van der Waals surface area contributed by atoms with Crippen LogP contribution in [-0.4, -0.2) is 10.7 Å². The Hall–Kier alpha value is -2.66. The summed E-state index contributed by atoms with van der Waals surface area (Å²) < 4.78 is 13.3. The summed E-state index contributed by atoms with van der Waals surface area (Å²) in [5, 5.41) is 12.8. The standard InChI is InChI=1S/C20H16FN3S/c21-14-9-7-13(8-10-14)17-12-18-15-4-1-2-5-16(15)22-20(24(18)23-17)19-6-3-11-25-19/h1-11,18,20,22H,12H2/t18-,20+/m1/s1. The third-order valence-electron chi connectivity index (χ3n) is 4.81. The van der Waals surface area contributed by atoms with Gasteiger partial charge in [0.15, 0.2) is 6.17 Å². The van der Waals surface area contributed by atoms with Crippen LogP contribution >= 0.6 is 11.3 Å². The number of rotatable bonds is 2. The average Bonchev–Trinajstić information content (AvgIpc) is 3.32. The lowest BCUT2D eigenvalue weighted by molar-refractivity contribution is 0.171. The summed E-state index contributed by atoms with van der Waals surface area (Å²) in [6.45, 7) is 0. The van der Waals surface area contributed by atoms with Gasteiger partial charge in [-0.05, 0) is 40.8 Å². The molecule has 0 saturated carbocycles. The normalized spacial score (nSPS) is 21.3. The van der Waals surface area contributed by atoms with E-state index in [4.69, 9.17) is 5.10 Å². The fourth-order valence-electron chi connectivity index (χ4n) is 3.62. The van der Waals surface area contributed by atoms with Gasteiger partial charge in [-0.3, -0.25) is 5.01 Å². The SMILES string of the molecule is Fc1ccc(C2=NN3[C@H](C2)c2ccccc2N[C@@H]3c2cccs2)cc1. The Kier molecular flexibility index (Phi) is 3.35. The van der Waals surface area contributed by atoms with Crippen LogP contribution in [0, 0.1) is 5.82 Å². The zero-order chi connectivity index (χ0) is 16.8. The van der Waals surface area contributed by atoms with Crippen molar-refractivity contribution >= 4 is 22.7 Å². The summed E-state index contributed by atoms with van der Waals surface area (Å²) in [5.74, 6) is -0.219. The first-order valence-corrected chi connectivity index (χ1v) is 9.18. The van der Waals surface area contributed by atoms with Gasteiger partial charge in [-0.15, -0.1) is 11.3 Å². The molecule has 0 radical (unpaired) electrons. The first-order chi connectivity index (χ1) is 12.3. The summed E-state index contributed by atoms with van der Waals surface area (Å²) in [6.07, 6.45) is 0.851. The van der Waals surface area contributed by atoms with Gasteiger partial charge in [0.2, 0.25) is 0 Å². The summed E-state index contributed by atoms with van der Waals surface area (Å²) in [6, 6.07) is 19.4. The Morgan fingerprint density at radius 1 is 1.04 bits per heavy atom. The van der Waals surface area contributed by atoms with Crippen molar-refractivity contribution in [2.45, 2.75) is 18.6 Å². The minimum absolute atomic E-state index is 0.0258. The molecule has 0 amide bonds. The highest BCUT2D eigenvalue weighted by atomic mass is 32.1. The van der Waals surface area contributed by atoms with Gasteiger partial charge in [-0.2, -0.15) is 5.10 Å². The fraction of sp³-hybridized carbons (Fsp3) is 0.150. The predicted molar refractivity (Wildman–Crippen MR) is 99.3 cm³/mol.